The summed E-state index contributed by atoms with van der Waals surface area (Å²) >= 11 is 0. The molecule has 0 saturated carbocycles. The summed E-state index contributed by atoms with van der Waals surface area (Å²) in [7, 11) is 0. The Hall–Kier alpha value is -1.66. The first-order valence-electron chi connectivity index (χ1n) is 7.82. The van der Waals surface area contributed by atoms with Crippen LogP contribution in [0.3, 0.4) is 0 Å². The number of nitrogens with zero attached hydrogens (tertiary/aromatic N) is 2. The Morgan fingerprint density at radius 3 is 2.77 bits per heavy atom. The van der Waals surface area contributed by atoms with Gasteiger partial charge in [-0.15, -0.1) is 0 Å². The lowest BCUT2D eigenvalue weighted by molar-refractivity contribution is 0.0303. The van der Waals surface area contributed by atoms with Crippen LogP contribution in [0.5, 0.6) is 0 Å². The van der Waals surface area contributed by atoms with E-state index in [1.54, 1.807) is 13.1 Å². The molecule has 1 aliphatic heterocycles. The summed E-state index contributed by atoms with van der Waals surface area (Å²) in [5, 5.41) is 0. The quantitative estimate of drug-likeness (QED) is 0.714. The van der Waals surface area contributed by atoms with Crippen molar-refractivity contribution in [3.8, 4) is 0 Å². The molecule has 122 valence electrons. The van der Waals surface area contributed by atoms with Crippen molar-refractivity contribution in [3.05, 3.63) is 38.7 Å². The average Bonchev–Trinajstić information content (AvgIpc) is 2.96. The SMILES string of the molecule is CCCOC[C@@H]1C=C(n2cc(C)c(=O)n(CCC)c2=O)CO1. The summed E-state index contributed by atoms with van der Waals surface area (Å²) in [5.74, 6) is 0. The third kappa shape index (κ3) is 3.56. The standard InChI is InChI=1S/C16H24N2O4/c1-4-6-17-15(19)12(3)9-18(16(17)20)13-8-14(22-10-13)11-21-7-5-2/h8-9,14H,4-7,10-11H2,1-3H3/t14-/m0/s1. The maximum atomic E-state index is 12.5. The van der Waals surface area contributed by atoms with E-state index in [2.05, 4.69) is 6.92 Å². The van der Waals surface area contributed by atoms with E-state index in [1.165, 1.54) is 9.13 Å². The van der Waals surface area contributed by atoms with E-state index in [1.807, 2.05) is 13.0 Å². The summed E-state index contributed by atoms with van der Waals surface area (Å²) in [5.41, 5.74) is 0.801. The molecule has 0 spiro atoms. The normalized spacial score (nSPS) is 17.8. The summed E-state index contributed by atoms with van der Waals surface area (Å²) in [6.07, 6.45) is 5.06. The van der Waals surface area contributed by atoms with Crippen LogP contribution < -0.4 is 11.2 Å². The molecule has 0 saturated heterocycles. The Morgan fingerprint density at radius 1 is 1.32 bits per heavy atom. The molecule has 1 aromatic heterocycles. The highest BCUT2D eigenvalue weighted by molar-refractivity contribution is 5.49. The fourth-order valence-electron chi connectivity index (χ4n) is 2.45. The monoisotopic (exact) mass is 308 g/mol. The molecule has 6 heteroatoms. The Kier molecular flexibility index (Phi) is 5.74. The maximum absolute atomic E-state index is 12.5. The predicted molar refractivity (Wildman–Crippen MR) is 85.1 cm³/mol. The molecule has 0 bridgehead atoms. The lowest BCUT2D eigenvalue weighted by atomic mass is 10.3. The molecular weight excluding hydrogens is 284 g/mol. The molecule has 6 nitrogen and oxygen atoms in total. The van der Waals surface area contributed by atoms with Gasteiger partial charge in [0.1, 0.15) is 6.10 Å². The highest BCUT2D eigenvalue weighted by Crippen LogP contribution is 2.15. The van der Waals surface area contributed by atoms with Crippen molar-refractivity contribution in [1.82, 2.24) is 9.13 Å². The van der Waals surface area contributed by atoms with Crippen LogP contribution in [0.2, 0.25) is 0 Å². The molecule has 1 aromatic rings. The molecule has 1 aliphatic rings. The lowest BCUT2D eigenvalue weighted by Gasteiger charge is -2.11. The maximum Gasteiger partial charge on any atom is 0.335 e. The first kappa shape index (κ1) is 16.7. The Balaban J connectivity index is 2.28. The molecule has 2 heterocycles. The molecule has 0 N–H and O–H groups in total. The highest BCUT2D eigenvalue weighted by Gasteiger charge is 2.20. The molecule has 0 radical (unpaired) electrons. The minimum atomic E-state index is -0.303. The topological polar surface area (TPSA) is 62.5 Å². The van der Waals surface area contributed by atoms with Gasteiger partial charge < -0.3 is 9.47 Å². The van der Waals surface area contributed by atoms with Gasteiger partial charge in [0.25, 0.3) is 5.56 Å². The van der Waals surface area contributed by atoms with Gasteiger partial charge in [0.05, 0.1) is 18.9 Å². The van der Waals surface area contributed by atoms with Crippen molar-refractivity contribution in [1.29, 1.82) is 0 Å². The van der Waals surface area contributed by atoms with Crippen LogP contribution in [0.15, 0.2) is 21.9 Å². The molecule has 1 atom stereocenters. The first-order valence-corrected chi connectivity index (χ1v) is 7.82. The van der Waals surface area contributed by atoms with Crippen LogP contribution in [0.25, 0.3) is 5.70 Å². The van der Waals surface area contributed by atoms with E-state index in [4.69, 9.17) is 9.47 Å². The van der Waals surface area contributed by atoms with Gasteiger partial charge in [0.15, 0.2) is 0 Å². The largest absolute Gasteiger partial charge is 0.378 e. The van der Waals surface area contributed by atoms with Crippen LogP contribution in [-0.2, 0) is 16.0 Å². The zero-order chi connectivity index (χ0) is 16.1. The van der Waals surface area contributed by atoms with Crippen molar-refractivity contribution < 1.29 is 9.47 Å². The second-order valence-electron chi connectivity index (χ2n) is 5.50. The van der Waals surface area contributed by atoms with E-state index in [0.29, 0.717) is 31.9 Å². The highest BCUT2D eigenvalue weighted by atomic mass is 16.5. The molecule has 0 fully saturated rings. The molecule has 0 aromatic carbocycles. The fraction of sp³-hybridized carbons (Fsp3) is 0.625. The second kappa shape index (κ2) is 7.56. The summed E-state index contributed by atoms with van der Waals surface area (Å²) < 4.78 is 13.9. The average molecular weight is 308 g/mol. The Morgan fingerprint density at radius 2 is 2.09 bits per heavy atom. The van der Waals surface area contributed by atoms with Gasteiger partial charge >= 0.3 is 5.69 Å². The molecule has 0 unspecified atom stereocenters. The van der Waals surface area contributed by atoms with Crippen molar-refractivity contribution in [2.75, 3.05) is 19.8 Å². The van der Waals surface area contributed by atoms with Gasteiger partial charge in [-0.25, -0.2) is 4.79 Å². The van der Waals surface area contributed by atoms with Gasteiger partial charge in [-0.3, -0.25) is 13.9 Å². The number of aryl methyl sites for hydroxylation is 1. The van der Waals surface area contributed by atoms with E-state index in [-0.39, 0.29) is 17.4 Å². The first-order chi connectivity index (χ1) is 10.6. The predicted octanol–water partition coefficient (Wildman–Crippen LogP) is 1.39. The minimum Gasteiger partial charge on any atom is -0.378 e. The summed E-state index contributed by atoms with van der Waals surface area (Å²) in [6.45, 7) is 7.68. The van der Waals surface area contributed by atoms with Gasteiger partial charge in [-0.1, -0.05) is 13.8 Å². The number of hydrogen-bond donors (Lipinski definition) is 0. The van der Waals surface area contributed by atoms with Crippen molar-refractivity contribution in [2.24, 2.45) is 0 Å². The third-order valence-electron chi connectivity index (χ3n) is 3.55. The summed E-state index contributed by atoms with van der Waals surface area (Å²) in [6, 6.07) is 0. The van der Waals surface area contributed by atoms with Gasteiger partial charge in [-0.2, -0.15) is 0 Å². The van der Waals surface area contributed by atoms with Crippen molar-refractivity contribution >= 4 is 5.70 Å². The van der Waals surface area contributed by atoms with Crippen LogP contribution >= 0.6 is 0 Å². The zero-order valence-electron chi connectivity index (χ0n) is 13.5. The Labute approximate surface area is 130 Å². The summed E-state index contributed by atoms with van der Waals surface area (Å²) in [4.78, 5) is 24.5. The van der Waals surface area contributed by atoms with Crippen LogP contribution in [0.1, 0.15) is 32.3 Å². The number of ether oxygens (including phenoxy) is 2. The molecule has 22 heavy (non-hydrogen) atoms. The number of hydrogen-bond acceptors (Lipinski definition) is 4. The molecule has 2 rings (SSSR count). The number of aromatic nitrogens is 2. The van der Waals surface area contributed by atoms with Crippen LogP contribution in [-0.4, -0.2) is 35.1 Å². The lowest BCUT2D eigenvalue weighted by Crippen LogP contribution is -2.40. The van der Waals surface area contributed by atoms with Gasteiger partial charge in [0, 0.05) is 24.9 Å². The van der Waals surface area contributed by atoms with Crippen molar-refractivity contribution in [2.45, 2.75) is 46.3 Å². The van der Waals surface area contributed by atoms with E-state index >= 15 is 0 Å². The molecular formula is C16H24N2O4. The molecule has 0 amide bonds. The van der Waals surface area contributed by atoms with Crippen molar-refractivity contribution in [3.63, 3.8) is 0 Å². The van der Waals surface area contributed by atoms with Gasteiger partial charge in [0.2, 0.25) is 0 Å². The molecule has 0 aliphatic carbocycles. The van der Waals surface area contributed by atoms with E-state index in [9.17, 15) is 9.59 Å². The van der Waals surface area contributed by atoms with Crippen LogP contribution in [0.4, 0.5) is 0 Å². The van der Waals surface area contributed by atoms with E-state index in [0.717, 1.165) is 18.5 Å². The minimum absolute atomic E-state index is 0.139. The second-order valence-corrected chi connectivity index (χ2v) is 5.50. The van der Waals surface area contributed by atoms with Crippen LogP contribution in [0, 0.1) is 6.92 Å². The van der Waals surface area contributed by atoms with Gasteiger partial charge in [-0.05, 0) is 25.8 Å². The smallest absolute Gasteiger partial charge is 0.335 e. The third-order valence-corrected chi connectivity index (χ3v) is 3.55. The number of rotatable bonds is 7. The fourth-order valence-corrected chi connectivity index (χ4v) is 2.45. The zero-order valence-corrected chi connectivity index (χ0v) is 13.5. The Bertz CT molecular complexity index is 657. The van der Waals surface area contributed by atoms with E-state index < -0.39 is 0 Å².